The second-order valence-electron chi connectivity index (χ2n) is 6.10. The van der Waals surface area contributed by atoms with Crippen molar-refractivity contribution in [1.82, 2.24) is 24.3 Å². The number of nitrogens with one attached hydrogen (secondary N) is 1. The fraction of sp³-hybridized carbons (Fsp3) is 0.353. The zero-order valence-electron chi connectivity index (χ0n) is 14.9. The van der Waals surface area contributed by atoms with E-state index in [0.717, 1.165) is 0 Å². The van der Waals surface area contributed by atoms with E-state index < -0.39 is 0 Å². The summed E-state index contributed by atoms with van der Waals surface area (Å²) >= 11 is 3.25. The molecule has 0 saturated heterocycles. The zero-order valence-corrected chi connectivity index (χ0v) is 16.5. The Hall–Kier alpha value is -2.55. The van der Waals surface area contributed by atoms with Gasteiger partial charge >= 0.3 is 0 Å². The molecular weight excluding hydrogens is 402 g/mol. The van der Waals surface area contributed by atoms with Crippen LogP contribution in [-0.4, -0.2) is 35.9 Å². The Bertz CT molecular complexity index is 1110. The lowest BCUT2D eigenvalue weighted by Crippen LogP contribution is -2.25. The van der Waals surface area contributed by atoms with Crippen LogP contribution in [0.25, 0.3) is 11.0 Å². The summed E-state index contributed by atoms with van der Waals surface area (Å²) in [6, 6.07) is 0. The fourth-order valence-corrected chi connectivity index (χ4v) is 3.81. The van der Waals surface area contributed by atoms with E-state index in [1.165, 1.54) is 22.5 Å². The summed E-state index contributed by atoms with van der Waals surface area (Å²) in [6.07, 6.45) is 1.88. The van der Waals surface area contributed by atoms with Crippen molar-refractivity contribution in [1.29, 1.82) is 0 Å². The number of carbonyl (C=O) groups excluding carboxylic acids is 2. The van der Waals surface area contributed by atoms with Crippen LogP contribution in [0.1, 0.15) is 46.0 Å². The largest absolute Gasteiger partial charge is 0.355 e. The van der Waals surface area contributed by atoms with Gasteiger partial charge in [-0.1, -0.05) is 6.92 Å². The Morgan fingerprint density at radius 1 is 1.35 bits per heavy atom. The molecule has 0 aliphatic heterocycles. The third kappa shape index (κ3) is 2.82. The monoisotopic (exact) mass is 419 g/mol. The van der Waals surface area contributed by atoms with Gasteiger partial charge < -0.3 is 4.98 Å². The Labute approximate surface area is 157 Å². The Balaban J connectivity index is 2.04. The number of aryl methyl sites for hydroxylation is 2. The van der Waals surface area contributed by atoms with Crippen molar-refractivity contribution in [2.75, 3.05) is 0 Å². The summed E-state index contributed by atoms with van der Waals surface area (Å²) in [7, 11) is 1.69. The average molecular weight is 420 g/mol. The van der Waals surface area contributed by atoms with Crippen molar-refractivity contribution in [3.05, 3.63) is 43.8 Å². The number of halogens is 1. The predicted octanol–water partition coefficient (Wildman–Crippen LogP) is 2.18. The molecule has 0 radical (unpaired) electrons. The van der Waals surface area contributed by atoms with Gasteiger partial charge in [0, 0.05) is 18.3 Å². The van der Waals surface area contributed by atoms with Crippen molar-refractivity contribution >= 4 is 38.5 Å². The molecule has 3 aromatic heterocycles. The van der Waals surface area contributed by atoms with Gasteiger partial charge in [0.05, 0.1) is 12.2 Å². The summed E-state index contributed by atoms with van der Waals surface area (Å²) in [4.78, 5) is 44.6. The maximum Gasteiger partial charge on any atom is 0.266 e. The van der Waals surface area contributed by atoms with Crippen LogP contribution < -0.4 is 5.56 Å². The van der Waals surface area contributed by atoms with Gasteiger partial charge in [0.2, 0.25) is 0 Å². The van der Waals surface area contributed by atoms with E-state index in [2.05, 4.69) is 31.0 Å². The molecule has 0 unspecified atom stereocenters. The number of Topliss-reactive ketones (excluding diaryl/α,β-unsaturated/α-hetero) is 2. The minimum absolute atomic E-state index is 0.0887. The van der Waals surface area contributed by atoms with Crippen LogP contribution >= 0.6 is 15.9 Å². The van der Waals surface area contributed by atoms with Crippen molar-refractivity contribution < 1.29 is 9.59 Å². The number of ketones is 2. The van der Waals surface area contributed by atoms with Crippen molar-refractivity contribution in [2.24, 2.45) is 7.05 Å². The molecule has 136 valence electrons. The Kier molecular flexibility index (Phi) is 4.66. The third-order valence-electron chi connectivity index (χ3n) is 4.36. The van der Waals surface area contributed by atoms with Crippen LogP contribution in [-0.2, 0) is 20.0 Å². The number of rotatable bonds is 5. The lowest BCUT2D eigenvalue weighted by Gasteiger charge is -2.06. The van der Waals surface area contributed by atoms with E-state index in [9.17, 15) is 14.4 Å². The molecule has 0 aliphatic carbocycles. The first-order chi connectivity index (χ1) is 12.3. The van der Waals surface area contributed by atoms with Crippen LogP contribution in [0.5, 0.6) is 0 Å². The Morgan fingerprint density at radius 2 is 2.04 bits per heavy atom. The minimum Gasteiger partial charge on any atom is -0.355 e. The molecule has 0 aromatic carbocycles. The highest BCUT2D eigenvalue weighted by Crippen LogP contribution is 2.21. The van der Waals surface area contributed by atoms with Crippen LogP contribution in [0.4, 0.5) is 0 Å². The molecule has 0 amide bonds. The first-order valence-electron chi connectivity index (χ1n) is 8.09. The molecule has 0 fully saturated rings. The number of hydrogen-bond donors (Lipinski definition) is 1. The van der Waals surface area contributed by atoms with E-state index >= 15 is 0 Å². The van der Waals surface area contributed by atoms with Gasteiger partial charge in [-0.15, -0.1) is 0 Å². The van der Waals surface area contributed by atoms with Gasteiger partial charge in [-0.05, 0) is 41.8 Å². The summed E-state index contributed by atoms with van der Waals surface area (Å²) in [5, 5.41) is 4.44. The van der Waals surface area contributed by atoms with E-state index in [4.69, 9.17) is 0 Å². The highest BCUT2D eigenvalue weighted by atomic mass is 79.9. The van der Waals surface area contributed by atoms with Crippen molar-refractivity contribution in [2.45, 2.75) is 33.7 Å². The van der Waals surface area contributed by atoms with E-state index in [-0.39, 0.29) is 23.7 Å². The topological polar surface area (TPSA) is 103 Å². The predicted molar refractivity (Wildman–Crippen MR) is 99.7 cm³/mol. The van der Waals surface area contributed by atoms with Crippen molar-refractivity contribution in [3.8, 4) is 0 Å². The number of carbonyl (C=O) groups is 2. The van der Waals surface area contributed by atoms with Gasteiger partial charge in [-0.2, -0.15) is 5.10 Å². The van der Waals surface area contributed by atoms with Gasteiger partial charge in [0.15, 0.2) is 17.2 Å². The van der Waals surface area contributed by atoms with Gasteiger partial charge in [-0.3, -0.25) is 19.0 Å². The van der Waals surface area contributed by atoms with Gasteiger partial charge in [0.1, 0.15) is 16.3 Å². The molecule has 26 heavy (non-hydrogen) atoms. The minimum atomic E-state index is -0.351. The standard InChI is InChI=1S/C17H18BrN5O3/c1-5-10-12(9(3)24)8(2)20-14(10)11(25)6-23-7-19-16-13(17(23)26)15(18)21-22(16)4/h7,20H,5-6H2,1-4H3. The van der Waals surface area contributed by atoms with Crippen molar-refractivity contribution in [3.63, 3.8) is 0 Å². The second kappa shape index (κ2) is 6.64. The second-order valence-corrected chi connectivity index (χ2v) is 6.85. The highest BCUT2D eigenvalue weighted by Gasteiger charge is 2.22. The molecule has 3 aromatic rings. The molecule has 0 bridgehead atoms. The highest BCUT2D eigenvalue weighted by molar-refractivity contribution is 9.10. The lowest BCUT2D eigenvalue weighted by atomic mass is 10.0. The average Bonchev–Trinajstić information content (AvgIpc) is 3.06. The molecule has 3 rings (SSSR count). The quantitative estimate of drug-likeness (QED) is 0.638. The molecule has 0 spiro atoms. The molecule has 0 aliphatic rings. The van der Waals surface area contributed by atoms with Crippen LogP contribution in [0.15, 0.2) is 15.7 Å². The number of nitrogens with zero attached hydrogens (tertiary/aromatic N) is 4. The molecule has 0 saturated carbocycles. The normalized spacial score (nSPS) is 11.3. The van der Waals surface area contributed by atoms with E-state index in [1.54, 1.807) is 14.0 Å². The number of aromatic nitrogens is 5. The molecule has 3 heterocycles. The molecule has 9 heteroatoms. The van der Waals surface area contributed by atoms with Gasteiger partial charge in [0.25, 0.3) is 5.56 Å². The van der Waals surface area contributed by atoms with Crippen LogP contribution in [0, 0.1) is 6.92 Å². The maximum absolute atomic E-state index is 12.8. The number of aromatic amines is 1. The number of fused-ring (bicyclic) bond motifs is 1. The first kappa shape index (κ1) is 18.2. The van der Waals surface area contributed by atoms with E-state index in [1.807, 2.05) is 6.92 Å². The zero-order chi connectivity index (χ0) is 19.2. The maximum atomic E-state index is 12.8. The molecule has 0 atom stereocenters. The molecule has 1 N–H and O–H groups in total. The number of hydrogen-bond acceptors (Lipinski definition) is 5. The molecule has 8 nitrogen and oxygen atoms in total. The lowest BCUT2D eigenvalue weighted by molar-refractivity contribution is 0.0965. The number of H-pyrrole nitrogens is 1. The SMILES string of the molecule is CCc1c(C(=O)Cn2cnc3c(c(Br)nn3C)c2=O)[nH]c(C)c1C(C)=O. The van der Waals surface area contributed by atoms with Gasteiger partial charge in [-0.25, -0.2) is 9.67 Å². The Morgan fingerprint density at radius 3 is 2.65 bits per heavy atom. The fourth-order valence-electron chi connectivity index (χ4n) is 3.23. The summed E-state index contributed by atoms with van der Waals surface area (Å²) < 4.78 is 3.13. The van der Waals surface area contributed by atoms with Crippen LogP contribution in [0.3, 0.4) is 0 Å². The molecular formula is C17H18BrN5O3. The summed E-state index contributed by atoms with van der Waals surface area (Å²) in [5.74, 6) is -0.366. The first-order valence-corrected chi connectivity index (χ1v) is 8.88. The summed E-state index contributed by atoms with van der Waals surface area (Å²) in [6.45, 7) is 4.96. The smallest absolute Gasteiger partial charge is 0.266 e. The van der Waals surface area contributed by atoms with E-state index in [0.29, 0.717) is 44.6 Å². The summed E-state index contributed by atoms with van der Waals surface area (Å²) in [5.41, 5.74) is 2.35. The third-order valence-corrected chi connectivity index (χ3v) is 4.91. The van der Waals surface area contributed by atoms with Crippen LogP contribution in [0.2, 0.25) is 0 Å².